The molecule has 2 aromatic rings. The Hall–Kier alpha value is -2.34. The van der Waals surface area contributed by atoms with Crippen LogP contribution in [-0.4, -0.2) is 53.0 Å². The summed E-state index contributed by atoms with van der Waals surface area (Å²) >= 11 is 0. The Labute approximate surface area is 143 Å². The molecule has 6 heteroatoms. The molecule has 1 aliphatic rings. The topological polar surface area (TPSA) is 62.7 Å². The number of hydrogen-bond donors (Lipinski definition) is 1. The smallest absolute Gasteiger partial charge is 0.221 e. The Morgan fingerprint density at radius 1 is 1.12 bits per heavy atom. The third kappa shape index (κ3) is 3.76. The number of imidazole rings is 1. The molecule has 1 fully saturated rings. The Kier molecular flexibility index (Phi) is 4.85. The standard InChI is InChI=1S/C18H26N6/c1-14(2)22-8-10-23(11-9-22)17-6-4-16(5-7-17)12-20-24-13-15(3)21-18(24)19/h4-7,12-14H,8-11H2,1-3H3,(H2,19,21). The van der Waals surface area contributed by atoms with Gasteiger partial charge in [0, 0.05) is 37.9 Å². The van der Waals surface area contributed by atoms with E-state index in [-0.39, 0.29) is 0 Å². The first-order valence-corrected chi connectivity index (χ1v) is 8.48. The van der Waals surface area contributed by atoms with Gasteiger partial charge in [0.2, 0.25) is 5.95 Å². The molecule has 0 amide bonds. The predicted molar refractivity (Wildman–Crippen MR) is 99.7 cm³/mol. The zero-order valence-electron chi connectivity index (χ0n) is 14.7. The molecule has 1 aromatic carbocycles. The van der Waals surface area contributed by atoms with Gasteiger partial charge in [-0.2, -0.15) is 5.10 Å². The second-order valence-electron chi connectivity index (χ2n) is 6.54. The van der Waals surface area contributed by atoms with Crippen LogP contribution in [0.2, 0.25) is 0 Å². The van der Waals surface area contributed by atoms with Crippen LogP contribution in [0.4, 0.5) is 11.6 Å². The van der Waals surface area contributed by atoms with Gasteiger partial charge in [-0.15, -0.1) is 0 Å². The fourth-order valence-electron chi connectivity index (χ4n) is 2.99. The van der Waals surface area contributed by atoms with E-state index in [4.69, 9.17) is 5.73 Å². The highest BCUT2D eigenvalue weighted by Gasteiger charge is 2.18. The summed E-state index contributed by atoms with van der Waals surface area (Å²) in [7, 11) is 0. The molecule has 0 bridgehead atoms. The molecule has 3 rings (SSSR count). The van der Waals surface area contributed by atoms with Gasteiger partial charge in [-0.05, 0) is 38.5 Å². The second kappa shape index (κ2) is 7.05. The highest BCUT2D eigenvalue weighted by molar-refractivity contribution is 5.80. The van der Waals surface area contributed by atoms with Crippen molar-refractivity contribution in [3.8, 4) is 0 Å². The molecule has 6 nitrogen and oxygen atoms in total. The number of nitrogens with zero attached hydrogens (tertiary/aromatic N) is 5. The first kappa shape index (κ1) is 16.5. The highest BCUT2D eigenvalue weighted by Crippen LogP contribution is 2.17. The average Bonchev–Trinajstić information content (AvgIpc) is 2.91. The molecular formula is C18H26N6. The Balaban J connectivity index is 1.63. The summed E-state index contributed by atoms with van der Waals surface area (Å²) in [6.07, 6.45) is 3.62. The van der Waals surface area contributed by atoms with Crippen LogP contribution < -0.4 is 10.6 Å². The van der Waals surface area contributed by atoms with Gasteiger partial charge >= 0.3 is 0 Å². The minimum Gasteiger partial charge on any atom is -0.369 e. The van der Waals surface area contributed by atoms with E-state index in [2.05, 4.69) is 58.0 Å². The summed E-state index contributed by atoms with van der Waals surface area (Å²) < 4.78 is 1.59. The lowest BCUT2D eigenvalue weighted by Gasteiger charge is -2.38. The van der Waals surface area contributed by atoms with Crippen molar-refractivity contribution in [1.82, 2.24) is 14.6 Å². The van der Waals surface area contributed by atoms with Crippen LogP contribution in [0.25, 0.3) is 0 Å². The van der Waals surface area contributed by atoms with Crippen LogP contribution in [0.1, 0.15) is 25.1 Å². The third-order valence-corrected chi connectivity index (χ3v) is 4.47. The Bertz CT molecular complexity index is 693. The molecule has 0 spiro atoms. The van der Waals surface area contributed by atoms with Crippen molar-refractivity contribution in [2.24, 2.45) is 5.10 Å². The normalized spacial score (nSPS) is 16.4. The van der Waals surface area contributed by atoms with Crippen LogP contribution in [0.15, 0.2) is 35.6 Å². The van der Waals surface area contributed by atoms with E-state index >= 15 is 0 Å². The van der Waals surface area contributed by atoms with Gasteiger partial charge in [0.15, 0.2) is 0 Å². The van der Waals surface area contributed by atoms with Crippen molar-refractivity contribution in [3.05, 3.63) is 41.7 Å². The number of hydrogen-bond acceptors (Lipinski definition) is 5. The lowest BCUT2D eigenvalue weighted by atomic mass is 10.2. The molecule has 1 aromatic heterocycles. The lowest BCUT2D eigenvalue weighted by molar-refractivity contribution is 0.209. The molecule has 1 aliphatic heterocycles. The summed E-state index contributed by atoms with van der Waals surface area (Å²) in [5.74, 6) is 0.406. The number of benzene rings is 1. The van der Waals surface area contributed by atoms with Gasteiger partial charge < -0.3 is 10.6 Å². The second-order valence-corrected chi connectivity index (χ2v) is 6.54. The minimum absolute atomic E-state index is 0.406. The zero-order chi connectivity index (χ0) is 17.1. The van der Waals surface area contributed by atoms with Crippen molar-refractivity contribution in [1.29, 1.82) is 0 Å². The summed E-state index contributed by atoms with van der Waals surface area (Å²) in [6.45, 7) is 10.8. The van der Waals surface area contributed by atoms with E-state index in [0.29, 0.717) is 12.0 Å². The monoisotopic (exact) mass is 326 g/mol. The molecule has 128 valence electrons. The number of piperazine rings is 1. The van der Waals surface area contributed by atoms with Crippen molar-refractivity contribution < 1.29 is 0 Å². The number of nitrogens with two attached hydrogens (primary N) is 1. The molecule has 0 unspecified atom stereocenters. The van der Waals surface area contributed by atoms with E-state index in [0.717, 1.165) is 37.4 Å². The first-order chi connectivity index (χ1) is 11.5. The van der Waals surface area contributed by atoms with E-state index in [9.17, 15) is 0 Å². The SMILES string of the molecule is Cc1cn(N=Cc2ccc(N3CCN(C(C)C)CC3)cc2)c(N)n1. The number of aromatic nitrogens is 2. The van der Waals surface area contributed by atoms with Gasteiger partial charge in [0.1, 0.15) is 0 Å². The van der Waals surface area contributed by atoms with Crippen LogP contribution in [0.5, 0.6) is 0 Å². The third-order valence-electron chi connectivity index (χ3n) is 4.47. The van der Waals surface area contributed by atoms with E-state index in [1.807, 2.05) is 13.1 Å². The predicted octanol–water partition coefficient (Wildman–Crippen LogP) is 2.19. The Morgan fingerprint density at radius 2 is 1.79 bits per heavy atom. The molecule has 0 aliphatic carbocycles. The van der Waals surface area contributed by atoms with Crippen LogP contribution in [-0.2, 0) is 0 Å². The maximum absolute atomic E-state index is 5.79. The molecule has 24 heavy (non-hydrogen) atoms. The summed E-state index contributed by atoms with van der Waals surface area (Å²) in [4.78, 5) is 9.10. The number of rotatable bonds is 4. The average molecular weight is 326 g/mol. The van der Waals surface area contributed by atoms with Crippen LogP contribution >= 0.6 is 0 Å². The van der Waals surface area contributed by atoms with E-state index < -0.39 is 0 Å². The van der Waals surface area contributed by atoms with Crippen molar-refractivity contribution in [2.75, 3.05) is 36.8 Å². The largest absolute Gasteiger partial charge is 0.369 e. The maximum atomic E-state index is 5.79. The van der Waals surface area contributed by atoms with Crippen molar-refractivity contribution in [2.45, 2.75) is 26.8 Å². The summed E-state index contributed by atoms with van der Waals surface area (Å²) in [6, 6.07) is 9.13. The van der Waals surface area contributed by atoms with Gasteiger partial charge in [-0.25, -0.2) is 9.66 Å². The summed E-state index contributed by atoms with van der Waals surface area (Å²) in [5.41, 5.74) is 8.97. The lowest BCUT2D eigenvalue weighted by Crippen LogP contribution is -2.48. The molecule has 2 N–H and O–H groups in total. The maximum Gasteiger partial charge on any atom is 0.221 e. The summed E-state index contributed by atoms with van der Waals surface area (Å²) in [5, 5.41) is 4.35. The Morgan fingerprint density at radius 3 is 2.33 bits per heavy atom. The molecule has 1 saturated heterocycles. The van der Waals surface area contributed by atoms with Crippen molar-refractivity contribution >= 4 is 17.9 Å². The van der Waals surface area contributed by atoms with Crippen LogP contribution in [0, 0.1) is 6.92 Å². The molecular weight excluding hydrogens is 300 g/mol. The van der Waals surface area contributed by atoms with E-state index in [1.165, 1.54) is 5.69 Å². The molecule has 2 heterocycles. The molecule has 0 radical (unpaired) electrons. The molecule has 0 saturated carbocycles. The number of nitrogen functional groups attached to an aromatic ring is 1. The quantitative estimate of drug-likeness (QED) is 0.875. The number of anilines is 2. The number of aryl methyl sites for hydroxylation is 1. The first-order valence-electron chi connectivity index (χ1n) is 8.48. The molecule has 0 atom stereocenters. The van der Waals surface area contributed by atoms with E-state index in [1.54, 1.807) is 10.9 Å². The van der Waals surface area contributed by atoms with Gasteiger partial charge in [0.05, 0.1) is 18.1 Å². The highest BCUT2D eigenvalue weighted by atomic mass is 15.4. The minimum atomic E-state index is 0.406. The zero-order valence-corrected chi connectivity index (χ0v) is 14.7. The fourth-order valence-corrected chi connectivity index (χ4v) is 2.99. The fraction of sp³-hybridized carbons (Fsp3) is 0.444. The van der Waals surface area contributed by atoms with Gasteiger partial charge in [-0.3, -0.25) is 4.90 Å². The van der Waals surface area contributed by atoms with Gasteiger partial charge in [-0.1, -0.05) is 12.1 Å². The van der Waals surface area contributed by atoms with Crippen molar-refractivity contribution in [3.63, 3.8) is 0 Å². The van der Waals surface area contributed by atoms with Gasteiger partial charge in [0.25, 0.3) is 0 Å². The van der Waals surface area contributed by atoms with Crippen LogP contribution in [0.3, 0.4) is 0 Å².